The normalized spacial score (nSPS) is 12.5. The van der Waals surface area contributed by atoms with E-state index in [1.807, 2.05) is 0 Å². The van der Waals surface area contributed by atoms with E-state index < -0.39 is 11.9 Å². The van der Waals surface area contributed by atoms with Crippen LogP contribution in [0.3, 0.4) is 0 Å². The second kappa shape index (κ2) is 5.12. The van der Waals surface area contributed by atoms with Gasteiger partial charge in [0.15, 0.2) is 0 Å². The summed E-state index contributed by atoms with van der Waals surface area (Å²) in [5.41, 5.74) is 0.710. The SMILES string of the molecule is OC(c1ccc(Br)c(Cl)c1)c1ccncc1F. The largest absolute Gasteiger partial charge is 0.384 e. The maximum Gasteiger partial charge on any atom is 0.147 e. The first-order valence-electron chi connectivity index (χ1n) is 4.82. The molecular formula is C12H8BrClFNO. The molecule has 2 aromatic rings. The molecule has 0 aliphatic heterocycles. The van der Waals surface area contributed by atoms with E-state index in [0.29, 0.717) is 10.6 Å². The van der Waals surface area contributed by atoms with Gasteiger partial charge in [-0.3, -0.25) is 4.98 Å². The second-order valence-corrected chi connectivity index (χ2v) is 4.73. The van der Waals surface area contributed by atoms with Crippen LogP contribution in [0.15, 0.2) is 41.1 Å². The summed E-state index contributed by atoms with van der Waals surface area (Å²) in [7, 11) is 0. The molecule has 1 heterocycles. The lowest BCUT2D eigenvalue weighted by Gasteiger charge is -2.12. The first-order valence-corrected chi connectivity index (χ1v) is 5.99. The highest BCUT2D eigenvalue weighted by Crippen LogP contribution is 2.29. The van der Waals surface area contributed by atoms with E-state index in [2.05, 4.69) is 20.9 Å². The summed E-state index contributed by atoms with van der Waals surface area (Å²) in [6.07, 6.45) is 1.45. The molecule has 1 unspecified atom stereocenters. The minimum Gasteiger partial charge on any atom is -0.384 e. The smallest absolute Gasteiger partial charge is 0.147 e. The first kappa shape index (κ1) is 12.5. The molecule has 17 heavy (non-hydrogen) atoms. The van der Waals surface area contributed by atoms with Crippen LogP contribution in [0.25, 0.3) is 0 Å². The molecule has 88 valence electrons. The van der Waals surface area contributed by atoms with Crippen LogP contribution in [0.5, 0.6) is 0 Å². The molecule has 0 amide bonds. The molecule has 0 saturated carbocycles. The maximum absolute atomic E-state index is 13.4. The van der Waals surface area contributed by atoms with Gasteiger partial charge in [-0.2, -0.15) is 0 Å². The Morgan fingerprint density at radius 1 is 1.35 bits per heavy atom. The van der Waals surface area contributed by atoms with Crippen molar-refractivity contribution in [1.29, 1.82) is 0 Å². The quantitative estimate of drug-likeness (QED) is 0.916. The molecule has 0 spiro atoms. The summed E-state index contributed by atoms with van der Waals surface area (Å²) in [6, 6.07) is 6.42. The highest BCUT2D eigenvalue weighted by atomic mass is 79.9. The number of hydrogen-bond acceptors (Lipinski definition) is 2. The molecule has 0 fully saturated rings. The molecule has 0 saturated heterocycles. The third-order valence-electron chi connectivity index (χ3n) is 2.36. The van der Waals surface area contributed by atoms with Crippen molar-refractivity contribution in [3.63, 3.8) is 0 Å². The third-order valence-corrected chi connectivity index (χ3v) is 3.59. The third kappa shape index (κ3) is 2.65. The molecule has 1 aromatic heterocycles. The fraction of sp³-hybridized carbons (Fsp3) is 0.0833. The molecule has 1 atom stereocenters. The van der Waals surface area contributed by atoms with Gasteiger partial charge < -0.3 is 5.11 Å². The Hall–Kier alpha value is -0.970. The monoisotopic (exact) mass is 315 g/mol. The van der Waals surface area contributed by atoms with E-state index in [4.69, 9.17) is 11.6 Å². The highest BCUT2D eigenvalue weighted by Gasteiger charge is 2.15. The van der Waals surface area contributed by atoms with Crippen molar-refractivity contribution in [3.05, 3.63) is 63.1 Å². The zero-order valence-corrected chi connectivity index (χ0v) is 10.9. The summed E-state index contributed by atoms with van der Waals surface area (Å²) in [5, 5.41) is 10.5. The number of pyridine rings is 1. The molecule has 0 aliphatic carbocycles. The van der Waals surface area contributed by atoms with Crippen LogP contribution in [0.4, 0.5) is 4.39 Å². The fourth-order valence-corrected chi connectivity index (χ4v) is 1.91. The van der Waals surface area contributed by atoms with E-state index in [9.17, 15) is 9.50 Å². The van der Waals surface area contributed by atoms with Crippen LogP contribution >= 0.6 is 27.5 Å². The molecule has 1 aromatic carbocycles. The number of hydrogen-bond donors (Lipinski definition) is 1. The van der Waals surface area contributed by atoms with Crippen LogP contribution in [-0.2, 0) is 0 Å². The van der Waals surface area contributed by atoms with Gasteiger partial charge >= 0.3 is 0 Å². The van der Waals surface area contributed by atoms with Crippen molar-refractivity contribution in [2.45, 2.75) is 6.10 Å². The van der Waals surface area contributed by atoms with E-state index >= 15 is 0 Å². The predicted molar refractivity (Wildman–Crippen MR) is 67.4 cm³/mol. The molecule has 2 rings (SSSR count). The van der Waals surface area contributed by atoms with Gasteiger partial charge in [0.25, 0.3) is 0 Å². The lowest BCUT2D eigenvalue weighted by molar-refractivity contribution is 0.214. The minimum atomic E-state index is -1.05. The maximum atomic E-state index is 13.4. The number of aliphatic hydroxyl groups is 1. The molecule has 0 radical (unpaired) electrons. The number of nitrogens with zero attached hydrogens (tertiary/aromatic N) is 1. The lowest BCUT2D eigenvalue weighted by atomic mass is 10.0. The summed E-state index contributed by atoms with van der Waals surface area (Å²) in [6.45, 7) is 0. The zero-order chi connectivity index (χ0) is 12.4. The van der Waals surface area contributed by atoms with Gasteiger partial charge in [-0.05, 0) is 39.7 Å². The van der Waals surface area contributed by atoms with Crippen molar-refractivity contribution in [2.24, 2.45) is 0 Å². The van der Waals surface area contributed by atoms with Crippen molar-refractivity contribution >= 4 is 27.5 Å². The number of halogens is 3. The van der Waals surface area contributed by atoms with Gasteiger partial charge in [-0.15, -0.1) is 0 Å². The second-order valence-electron chi connectivity index (χ2n) is 3.47. The Labute approximate surface area is 111 Å². The van der Waals surface area contributed by atoms with Gasteiger partial charge in [0.05, 0.1) is 11.2 Å². The Bertz CT molecular complexity index is 550. The number of aliphatic hydroxyl groups excluding tert-OH is 1. The summed E-state index contributed by atoms with van der Waals surface area (Å²) in [4.78, 5) is 3.63. The topological polar surface area (TPSA) is 33.1 Å². The van der Waals surface area contributed by atoms with Crippen molar-refractivity contribution in [1.82, 2.24) is 4.98 Å². The van der Waals surface area contributed by atoms with Gasteiger partial charge in [0.1, 0.15) is 11.9 Å². The first-order chi connectivity index (χ1) is 8.09. The number of benzene rings is 1. The van der Waals surface area contributed by atoms with Crippen molar-refractivity contribution < 1.29 is 9.50 Å². The van der Waals surface area contributed by atoms with Crippen molar-refractivity contribution in [2.75, 3.05) is 0 Å². The molecule has 0 aliphatic rings. The molecule has 0 bridgehead atoms. The van der Waals surface area contributed by atoms with Crippen LogP contribution in [0.2, 0.25) is 5.02 Å². The average molecular weight is 317 g/mol. The van der Waals surface area contributed by atoms with E-state index in [0.717, 1.165) is 10.7 Å². The highest BCUT2D eigenvalue weighted by molar-refractivity contribution is 9.10. The standard InChI is InChI=1S/C12H8BrClFNO/c13-9-2-1-7(5-10(9)14)12(17)8-3-4-16-6-11(8)15/h1-6,12,17H. The number of rotatable bonds is 2. The van der Waals surface area contributed by atoms with E-state index in [-0.39, 0.29) is 5.56 Å². The molecule has 1 N–H and O–H groups in total. The zero-order valence-electron chi connectivity index (χ0n) is 8.57. The van der Waals surface area contributed by atoms with Crippen LogP contribution in [-0.4, -0.2) is 10.1 Å². The van der Waals surface area contributed by atoms with Crippen LogP contribution in [0.1, 0.15) is 17.2 Å². The van der Waals surface area contributed by atoms with E-state index in [1.165, 1.54) is 12.3 Å². The summed E-state index contributed by atoms with van der Waals surface area (Å²) >= 11 is 9.17. The Balaban J connectivity index is 2.40. The summed E-state index contributed by atoms with van der Waals surface area (Å²) in [5.74, 6) is -0.543. The van der Waals surface area contributed by atoms with Gasteiger partial charge in [0, 0.05) is 16.2 Å². The Morgan fingerprint density at radius 2 is 2.12 bits per heavy atom. The van der Waals surface area contributed by atoms with Gasteiger partial charge in [0.2, 0.25) is 0 Å². The minimum absolute atomic E-state index is 0.179. The Morgan fingerprint density at radius 3 is 2.76 bits per heavy atom. The lowest BCUT2D eigenvalue weighted by Crippen LogP contribution is -2.02. The predicted octanol–water partition coefficient (Wildman–Crippen LogP) is 3.72. The molecule has 2 nitrogen and oxygen atoms in total. The van der Waals surface area contributed by atoms with Gasteiger partial charge in [-0.25, -0.2) is 4.39 Å². The van der Waals surface area contributed by atoms with Crippen LogP contribution in [0, 0.1) is 5.82 Å². The van der Waals surface area contributed by atoms with Crippen molar-refractivity contribution in [3.8, 4) is 0 Å². The van der Waals surface area contributed by atoms with Gasteiger partial charge in [-0.1, -0.05) is 17.7 Å². The average Bonchev–Trinajstić information content (AvgIpc) is 2.32. The number of aromatic nitrogens is 1. The summed E-state index contributed by atoms with van der Waals surface area (Å²) < 4.78 is 14.2. The Kier molecular flexibility index (Phi) is 3.76. The fourth-order valence-electron chi connectivity index (χ4n) is 1.47. The molecular weight excluding hydrogens is 308 g/mol. The molecule has 5 heteroatoms. The van der Waals surface area contributed by atoms with E-state index in [1.54, 1.807) is 18.2 Å². The van der Waals surface area contributed by atoms with Crippen LogP contribution < -0.4 is 0 Å².